The van der Waals surface area contributed by atoms with Gasteiger partial charge in [-0.05, 0) is 12.5 Å². The van der Waals surface area contributed by atoms with Crippen molar-refractivity contribution in [3.63, 3.8) is 0 Å². The summed E-state index contributed by atoms with van der Waals surface area (Å²) >= 11 is 1.46. The van der Waals surface area contributed by atoms with Gasteiger partial charge in [0.15, 0.2) is 0 Å². The number of hydrogen-bond donors (Lipinski definition) is 1. The van der Waals surface area contributed by atoms with E-state index in [-0.39, 0.29) is 5.91 Å². The molecule has 0 aliphatic rings. The second kappa shape index (κ2) is 6.34. The first kappa shape index (κ1) is 16.4. The third kappa shape index (κ3) is 2.66. The van der Waals surface area contributed by atoms with Crippen molar-refractivity contribution in [1.29, 1.82) is 0 Å². The number of thiophene rings is 1. The summed E-state index contributed by atoms with van der Waals surface area (Å²) in [6.07, 6.45) is 6.81. The van der Waals surface area contributed by atoms with Gasteiger partial charge in [0.1, 0.15) is 6.33 Å². The van der Waals surface area contributed by atoms with Gasteiger partial charge in [0.25, 0.3) is 5.91 Å². The number of hydrogen-bond acceptors (Lipinski definition) is 6. The maximum atomic E-state index is 13.0. The Kier molecular flexibility index (Phi) is 4.00. The van der Waals surface area contributed by atoms with Gasteiger partial charge in [0, 0.05) is 42.6 Å². The summed E-state index contributed by atoms with van der Waals surface area (Å²) in [5.41, 5.74) is 3.99. The van der Waals surface area contributed by atoms with E-state index in [2.05, 4.69) is 20.3 Å². The number of aryl methyl sites for hydroxylation is 1. The monoisotopic (exact) mass is 363 g/mol. The average molecular weight is 363 g/mol. The number of nitrogens with zero attached hydrogens (tertiary/aromatic N) is 4. The molecule has 1 amide bonds. The lowest BCUT2D eigenvalue weighted by Crippen LogP contribution is -2.15. The Labute approximate surface area is 154 Å². The van der Waals surface area contributed by atoms with E-state index in [1.165, 1.54) is 17.7 Å². The van der Waals surface area contributed by atoms with E-state index in [1.807, 2.05) is 55.8 Å². The lowest BCUT2D eigenvalue weighted by molar-refractivity contribution is 0.102. The highest BCUT2D eigenvalue weighted by Gasteiger charge is 2.18. The van der Waals surface area contributed by atoms with Crippen molar-refractivity contribution in [2.45, 2.75) is 6.92 Å². The average Bonchev–Trinajstić information content (AvgIpc) is 3.07. The molecule has 0 saturated carbocycles. The van der Waals surface area contributed by atoms with Crippen LogP contribution in [-0.4, -0.2) is 35.0 Å². The molecular formula is C19H17N5OS. The smallest absolute Gasteiger partial charge is 0.258 e. The minimum atomic E-state index is -0.174. The number of fused-ring (bicyclic) bond motifs is 2. The van der Waals surface area contributed by atoms with Crippen LogP contribution in [0.4, 0.5) is 11.4 Å². The van der Waals surface area contributed by atoms with E-state index >= 15 is 0 Å². The fraction of sp³-hybridized carbons (Fsp3) is 0.158. The van der Waals surface area contributed by atoms with Gasteiger partial charge in [-0.1, -0.05) is 12.1 Å². The lowest BCUT2D eigenvalue weighted by Gasteiger charge is -2.19. The molecule has 0 aliphatic carbocycles. The van der Waals surface area contributed by atoms with Crippen LogP contribution in [0.2, 0.25) is 0 Å². The lowest BCUT2D eigenvalue weighted by atomic mass is 10.0. The summed E-state index contributed by atoms with van der Waals surface area (Å²) in [4.78, 5) is 27.5. The standard InChI is InChI=1S/C19H17N5OS/c1-11-4-5-12-6-20-7-14(24(2)3)16(12)17(11)23-19(25)13-9-26-15-8-21-10-22-18(13)15/h4-10H,1-3H3,(H,23,25). The van der Waals surface area contributed by atoms with Crippen LogP contribution in [-0.2, 0) is 0 Å². The van der Waals surface area contributed by atoms with Crippen LogP contribution in [0.3, 0.4) is 0 Å². The minimum absolute atomic E-state index is 0.174. The number of carbonyl (C=O) groups excluding carboxylic acids is 1. The van der Waals surface area contributed by atoms with Gasteiger partial charge in [0.05, 0.1) is 33.4 Å². The maximum absolute atomic E-state index is 13.0. The molecular weight excluding hydrogens is 346 g/mol. The first-order valence-electron chi connectivity index (χ1n) is 8.09. The van der Waals surface area contributed by atoms with Crippen LogP contribution in [0.25, 0.3) is 21.0 Å². The van der Waals surface area contributed by atoms with Crippen molar-refractivity contribution in [2.24, 2.45) is 0 Å². The molecule has 7 heteroatoms. The Balaban J connectivity index is 1.84. The summed E-state index contributed by atoms with van der Waals surface area (Å²) in [5, 5.41) is 6.88. The fourth-order valence-electron chi connectivity index (χ4n) is 2.98. The van der Waals surface area contributed by atoms with E-state index in [4.69, 9.17) is 0 Å². The summed E-state index contributed by atoms with van der Waals surface area (Å²) < 4.78 is 0.894. The quantitative estimate of drug-likeness (QED) is 0.598. The molecule has 0 saturated heterocycles. The first-order chi connectivity index (χ1) is 12.6. The largest absolute Gasteiger partial charge is 0.376 e. The van der Waals surface area contributed by atoms with Crippen LogP contribution in [0.5, 0.6) is 0 Å². The molecule has 0 spiro atoms. The van der Waals surface area contributed by atoms with Crippen LogP contribution in [0.1, 0.15) is 15.9 Å². The van der Waals surface area contributed by atoms with Crippen molar-refractivity contribution in [3.8, 4) is 0 Å². The second-order valence-electron chi connectivity index (χ2n) is 6.25. The second-order valence-corrected chi connectivity index (χ2v) is 7.16. The van der Waals surface area contributed by atoms with Gasteiger partial charge in [-0.3, -0.25) is 9.78 Å². The fourth-order valence-corrected chi connectivity index (χ4v) is 3.84. The van der Waals surface area contributed by atoms with Crippen LogP contribution in [0, 0.1) is 6.92 Å². The third-order valence-corrected chi connectivity index (χ3v) is 5.22. The Morgan fingerprint density at radius 2 is 2.00 bits per heavy atom. The van der Waals surface area contributed by atoms with Crippen LogP contribution in [0.15, 0.2) is 42.4 Å². The molecule has 4 rings (SSSR count). The molecule has 0 aliphatic heterocycles. The first-order valence-corrected chi connectivity index (χ1v) is 8.97. The van der Waals surface area contributed by atoms with Crippen molar-refractivity contribution in [2.75, 3.05) is 24.3 Å². The van der Waals surface area contributed by atoms with E-state index in [0.29, 0.717) is 11.1 Å². The maximum Gasteiger partial charge on any atom is 0.258 e. The minimum Gasteiger partial charge on any atom is -0.376 e. The Morgan fingerprint density at radius 3 is 2.81 bits per heavy atom. The van der Waals surface area contributed by atoms with Gasteiger partial charge >= 0.3 is 0 Å². The summed E-state index contributed by atoms with van der Waals surface area (Å²) in [5.74, 6) is -0.174. The Bertz CT molecular complexity index is 1140. The SMILES string of the molecule is Cc1ccc2cncc(N(C)C)c2c1NC(=O)c1csc2cncnc12. The highest BCUT2D eigenvalue weighted by molar-refractivity contribution is 7.17. The third-order valence-electron chi connectivity index (χ3n) is 4.31. The summed E-state index contributed by atoms with van der Waals surface area (Å²) in [7, 11) is 3.93. The van der Waals surface area contributed by atoms with Gasteiger partial charge in [-0.25, -0.2) is 9.97 Å². The number of carbonyl (C=O) groups is 1. The molecule has 0 atom stereocenters. The molecule has 0 fully saturated rings. The number of nitrogens with one attached hydrogen (secondary N) is 1. The molecule has 0 unspecified atom stereocenters. The van der Waals surface area contributed by atoms with E-state index in [9.17, 15) is 4.79 Å². The van der Waals surface area contributed by atoms with E-state index in [1.54, 1.807) is 6.20 Å². The van der Waals surface area contributed by atoms with Gasteiger partial charge in [-0.2, -0.15) is 0 Å². The number of pyridine rings is 1. The zero-order valence-electron chi connectivity index (χ0n) is 14.6. The van der Waals surface area contributed by atoms with Gasteiger partial charge in [-0.15, -0.1) is 11.3 Å². The summed E-state index contributed by atoms with van der Waals surface area (Å²) in [6.45, 7) is 1.99. The molecule has 26 heavy (non-hydrogen) atoms. The summed E-state index contributed by atoms with van der Waals surface area (Å²) in [6, 6.07) is 4.01. The van der Waals surface area contributed by atoms with Gasteiger partial charge in [0.2, 0.25) is 0 Å². The normalized spacial score (nSPS) is 11.0. The molecule has 3 aromatic heterocycles. The topological polar surface area (TPSA) is 71.0 Å². The Hall–Kier alpha value is -3.06. The molecule has 0 radical (unpaired) electrons. The molecule has 3 heterocycles. The van der Waals surface area contributed by atoms with Gasteiger partial charge < -0.3 is 10.2 Å². The zero-order valence-corrected chi connectivity index (χ0v) is 15.5. The molecule has 1 aromatic carbocycles. The van der Waals surface area contributed by atoms with Crippen molar-refractivity contribution in [1.82, 2.24) is 15.0 Å². The molecule has 6 nitrogen and oxygen atoms in total. The van der Waals surface area contributed by atoms with Crippen LogP contribution >= 0.6 is 11.3 Å². The number of rotatable bonds is 3. The highest BCUT2D eigenvalue weighted by Crippen LogP contribution is 2.34. The van der Waals surface area contributed by atoms with E-state index < -0.39 is 0 Å². The number of anilines is 2. The molecule has 0 bridgehead atoms. The number of amides is 1. The predicted octanol–water partition coefficient (Wildman–Crippen LogP) is 3.87. The zero-order chi connectivity index (χ0) is 18.3. The number of aromatic nitrogens is 3. The Morgan fingerprint density at radius 1 is 1.15 bits per heavy atom. The molecule has 4 aromatic rings. The van der Waals surface area contributed by atoms with Crippen molar-refractivity contribution < 1.29 is 4.79 Å². The van der Waals surface area contributed by atoms with E-state index in [0.717, 1.165) is 32.4 Å². The number of benzene rings is 1. The molecule has 1 N–H and O–H groups in total. The van der Waals surface area contributed by atoms with Crippen molar-refractivity contribution >= 4 is 49.6 Å². The predicted molar refractivity (Wildman–Crippen MR) is 106 cm³/mol. The van der Waals surface area contributed by atoms with Crippen molar-refractivity contribution in [3.05, 3.63) is 53.6 Å². The molecule has 130 valence electrons. The van der Waals surface area contributed by atoms with Crippen LogP contribution < -0.4 is 10.2 Å². The highest BCUT2D eigenvalue weighted by atomic mass is 32.1.